The van der Waals surface area contributed by atoms with Gasteiger partial charge in [0.05, 0.1) is 10.7 Å². The predicted molar refractivity (Wildman–Crippen MR) is 90.8 cm³/mol. The molecule has 0 aliphatic carbocycles. The van der Waals surface area contributed by atoms with Crippen molar-refractivity contribution in [2.24, 2.45) is 11.8 Å². The molecule has 3 rings (SSSR count). The lowest BCUT2D eigenvalue weighted by Gasteiger charge is -2.35. The molecule has 1 aliphatic heterocycles. The van der Waals surface area contributed by atoms with E-state index in [1.807, 2.05) is 6.07 Å². The quantitative estimate of drug-likeness (QED) is 0.799. The van der Waals surface area contributed by atoms with Crippen LogP contribution in [0.15, 0.2) is 27.4 Å². The molecule has 0 amide bonds. The molecule has 1 unspecified atom stereocenters. The molecule has 0 radical (unpaired) electrons. The Kier molecular flexibility index (Phi) is 4.73. The van der Waals surface area contributed by atoms with Crippen molar-refractivity contribution in [3.63, 3.8) is 0 Å². The summed E-state index contributed by atoms with van der Waals surface area (Å²) >= 11 is 6.31. The molecule has 1 aromatic heterocycles. The van der Waals surface area contributed by atoms with Crippen LogP contribution < -0.4 is 16.4 Å². The molecule has 2 heterocycles. The van der Waals surface area contributed by atoms with E-state index in [9.17, 15) is 4.79 Å². The van der Waals surface area contributed by atoms with Gasteiger partial charge in [0.25, 0.3) is 0 Å². The number of halogens is 1. The second kappa shape index (κ2) is 6.76. The van der Waals surface area contributed by atoms with E-state index in [0.717, 1.165) is 25.2 Å². The summed E-state index contributed by atoms with van der Waals surface area (Å²) < 4.78 is 5.00. The van der Waals surface area contributed by atoms with E-state index in [2.05, 4.69) is 34.7 Å². The smallest absolute Gasteiger partial charge is 0.388 e. The molecule has 0 saturated carbocycles. The van der Waals surface area contributed by atoms with Crippen molar-refractivity contribution in [2.75, 3.05) is 18.4 Å². The number of nitrogens with one attached hydrogen (secondary N) is 3. The number of piperidine rings is 1. The fraction of sp³-hybridized carbons (Fsp3) is 0.500. The average Bonchev–Trinajstić information content (AvgIpc) is 2.96. The molecule has 1 aromatic carbocycles. The van der Waals surface area contributed by atoms with Gasteiger partial charge in [0.1, 0.15) is 0 Å². The number of hydrogen-bond donors (Lipinski definition) is 3. The highest BCUT2D eigenvalue weighted by Crippen LogP contribution is 2.31. The van der Waals surface area contributed by atoms with Gasteiger partial charge in [-0.15, -0.1) is 5.10 Å². The van der Waals surface area contributed by atoms with E-state index in [4.69, 9.17) is 16.0 Å². The Morgan fingerprint density at radius 3 is 3.00 bits per heavy atom. The van der Waals surface area contributed by atoms with Crippen molar-refractivity contribution in [3.8, 4) is 11.5 Å². The zero-order valence-electron chi connectivity index (χ0n) is 13.2. The fourth-order valence-electron chi connectivity index (χ4n) is 3.25. The number of benzene rings is 1. The Labute approximate surface area is 139 Å². The molecule has 1 saturated heterocycles. The van der Waals surface area contributed by atoms with Crippen molar-refractivity contribution < 1.29 is 4.42 Å². The summed E-state index contributed by atoms with van der Waals surface area (Å²) in [5.74, 6) is 0.885. The summed E-state index contributed by atoms with van der Waals surface area (Å²) in [5.41, 5.74) is 1.54. The molecule has 1 fully saturated rings. The highest BCUT2D eigenvalue weighted by atomic mass is 35.5. The van der Waals surface area contributed by atoms with Crippen LogP contribution in [0.1, 0.15) is 20.3 Å². The second-order valence-electron chi connectivity index (χ2n) is 6.18. The van der Waals surface area contributed by atoms with Crippen LogP contribution in [0.3, 0.4) is 0 Å². The van der Waals surface area contributed by atoms with Crippen LogP contribution in [0.25, 0.3) is 11.5 Å². The van der Waals surface area contributed by atoms with Crippen LogP contribution in [-0.2, 0) is 0 Å². The highest BCUT2D eigenvalue weighted by molar-refractivity contribution is 6.33. The van der Waals surface area contributed by atoms with Crippen LogP contribution in [0.5, 0.6) is 0 Å². The SMILES string of the molecule is CC(Nc1cc(-c2n[nH]c(=O)o2)ccc1Cl)[C@H]1CCNC[C@H]1C. The van der Waals surface area contributed by atoms with E-state index in [-0.39, 0.29) is 5.89 Å². The van der Waals surface area contributed by atoms with E-state index in [1.54, 1.807) is 12.1 Å². The van der Waals surface area contributed by atoms with Gasteiger partial charge in [-0.3, -0.25) is 0 Å². The third-order valence-corrected chi connectivity index (χ3v) is 4.86. The number of H-pyrrole nitrogens is 1. The molecule has 23 heavy (non-hydrogen) atoms. The number of rotatable bonds is 4. The number of anilines is 1. The van der Waals surface area contributed by atoms with Gasteiger partial charge in [-0.05, 0) is 56.5 Å². The molecule has 3 atom stereocenters. The minimum absolute atomic E-state index is 0.262. The molecular weight excluding hydrogens is 316 g/mol. The second-order valence-corrected chi connectivity index (χ2v) is 6.59. The molecule has 7 heteroatoms. The fourth-order valence-corrected chi connectivity index (χ4v) is 3.42. The number of aromatic amines is 1. The maximum absolute atomic E-state index is 11.1. The summed E-state index contributed by atoms with van der Waals surface area (Å²) in [4.78, 5) is 11.1. The molecule has 3 N–H and O–H groups in total. The highest BCUT2D eigenvalue weighted by Gasteiger charge is 2.26. The summed E-state index contributed by atoms with van der Waals surface area (Å²) in [6, 6.07) is 5.73. The predicted octanol–water partition coefficient (Wildman–Crippen LogP) is 2.73. The largest absolute Gasteiger partial charge is 0.434 e. The van der Waals surface area contributed by atoms with Crippen LogP contribution in [0, 0.1) is 11.8 Å². The molecular formula is C16H21ClN4O2. The van der Waals surface area contributed by atoms with E-state index in [1.165, 1.54) is 0 Å². The molecule has 0 bridgehead atoms. The Morgan fingerprint density at radius 1 is 1.48 bits per heavy atom. The van der Waals surface area contributed by atoms with Gasteiger partial charge in [0.2, 0.25) is 5.89 Å². The van der Waals surface area contributed by atoms with Gasteiger partial charge >= 0.3 is 5.76 Å². The lowest BCUT2D eigenvalue weighted by atomic mass is 9.82. The third-order valence-electron chi connectivity index (χ3n) is 4.53. The lowest BCUT2D eigenvalue weighted by Crippen LogP contribution is -2.42. The molecule has 124 valence electrons. The summed E-state index contributed by atoms with van der Waals surface area (Å²) in [7, 11) is 0. The molecule has 1 aliphatic rings. The van der Waals surface area contributed by atoms with Crippen molar-refractivity contribution in [1.82, 2.24) is 15.5 Å². The molecule has 2 aromatic rings. The normalized spacial score (nSPS) is 22.7. The zero-order chi connectivity index (χ0) is 16.4. The van der Waals surface area contributed by atoms with Crippen LogP contribution in [0.4, 0.5) is 5.69 Å². The summed E-state index contributed by atoms with van der Waals surface area (Å²) in [5, 5.41) is 13.7. The van der Waals surface area contributed by atoms with Crippen LogP contribution >= 0.6 is 11.6 Å². The Morgan fingerprint density at radius 2 is 2.30 bits per heavy atom. The maximum atomic E-state index is 11.1. The Hall–Kier alpha value is -1.79. The first-order valence-electron chi connectivity index (χ1n) is 7.87. The van der Waals surface area contributed by atoms with Crippen LogP contribution in [-0.4, -0.2) is 29.3 Å². The standard InChI is InChI=1S/C16H21ClN4O2/c1-9-8-18-6-5-12(9)10(2)19-14-7-11(3-4-13(14)17)15-20-21-16(22)23-15/h3-4,7,9-10,12,18-19H,5-6,8H2,1-2H3,(H,21,22)/t9-,10?,12+/m1/s1. The third kappa shape index (κ3) is 3.59. The van der Waals surface area contributed by atoms with Crippen molar-refractivity contribution in [3.05, 3.63) is 33.8 Å². The van der Waals surface area contributed by atoms with Gasteiger partial charge in [-0.25, -0.2) is 9.89 Å². The summed E-state index contributed by atoms with van der Waals surface area (Å²) in [6.07, 6.45) is 1.14. The van der Waals surface area contributed by atoms with E-state index in [0.29, 0.717) is 28.5 Å². The average molecular weight is 337 g/mol. The first kappa shape index (κ1) is 16.1. The van der Waals surface area contributed by atoms with E-state index >= 15 is 0 Å². The van der Waals surface area contributed by atoms with Crippen molar-refractivity contribution in [1.29, 1.82) is 0 Å². The monoisotopic (exact) mass is 336 g/mol. The van der Waals surface area contributed by atoms with Gasteiger partial charge in [0, 0.05) is 11.6 Å². The van der Waals surface area contributed by atoms with Gasteiger partial charge < -0.3 is 15.1 Å². The summed E-state index contributed by atoms with van der Waals surface area (Å²) in [6.45, 7) is 6.55. The maximum Gasteiger partial charge on any atom is 0.434 e. The Balaban J connectivity index is 1.80. The number of hydrogen-bond acceptors (Lipinski definition) is 5. The van der Waals surface area contributed by atoms with E-state index < -0.39 is 5.76 Å². The Bertz CT molecular complexity index is 727. The molecule has 0 spiro atoms. The van der Waals surface area contributed by atoms with Crippen molar-refractivity contribution in [2.45, 2.75) is 26.3 Å². The van der Waals surface area contributed by atoms with Crippen molar-refractivity contribution >= 4 is 17.3 Å². The first-order valence-corrected chi connectivity index (χ1v) is 8.25. The number of aromatic nitrogens is 2. The number of nitrogens with zero attached hydrogens (tertiary/aromatic N) is 1. The lowest BCUT2D eigenvalue weighted by molar-refractivity contribution is 0.250. The zero-order valence-corrected chi connectivity index (χ0v) is 14.0. The molecule has 6 nitrogen and oxygen atoms in total. The van der Waals surface area contributed by atoms with Gasteiger partial charge in [-0.2, -0.15) is 0 Å². The first-order chi connectivity index (χ1) is 11.0. The van der Waals surface area contributed by atoms with Crippen LogP contribution in [0.2, 0.25) is 5.02 Å². The topological polar surface area (TPSA) is 83.0 Å². The van der Waals surface area contributed by atoms with Gasteiger partial charge in [0.15, 0.2) is 0 Å². The van der Waals surface area contributed by atoms with Gasteiger partial charge in [-0.1, -0.05) is 18.5 Å². The minimum atomic E-state index is -0.568. The minimum Gasteiger partial charge on any atom is -0.388 e.